The predicted molar refractivity (Wildman–Crippen MR) is 115 cm³/mol. The highest BCUT2D eigenvalue weighted by Gasteiger charge is 2.21. The molecule has 0 aliphatic carbocycles. The van der Waals surface area contributed by atoms with Gasteiger partial charge in [0.1, 0.15) is 23.9 Å². The van der Waals surface area contributed by atoms with Crippen molar-refractivity contribution in [1.29, 1.82) is 0 Å². The number of carbonyl (C=O) groups is 1. The van der Waals surface area contributed by atoms with E-state index in [2.05, 4.69) is 5.32 Å². The molecule has 0 aromatic heterocycles. The molecule has 5 heteroatoms. The summed E-state index contributed by atoms with van der Waals surface area (Å²) in [5.41, 5.74) is 0. The lowest BCUT2D eigenvalue weighted by atomic mass is 10.1. The first-order valence-electron chi connectivity index (χ1n) is 9.82. The molecule has 2 unspecified atom stereocenters. The molecule has 0 aliphatic heterocycles. The van der Waals surface area contributed by atoms with Crippen LogP contribution in [0.1, 0.15) is 20.3 Å². The van der Waals surface area contributed by atoms with E-state index in [0.717, 1.165) is 22.3 Å². The van der Waals surface area contributed by atoms with Crippen molar-refractivity contribution in [2.45, 2.75) is 32.4 Å². The summed E-state index contributed by atoms with van der Waals surface area (Å²) in [6.45, 7) is 4.21. The summed E-state index contributed by atoms with van der Waals surface area (Å²) in [5.74, 6) is 2.07. The van der Waals surface area contributed by atoms with Crippen molar-refractivity contribution >= 4 is 16.7 Å². The van der Waals surface area contributed by atoms with Crippen molar-refractivity contribution in [1.82, 2.24) is 5.32 Å². The van der Waals surface area contributed by atoms with Gasteiger partial charge in [0.05, 0.1) is 13.2 Å². The number of ether oxygens (including phenoxy) is 3. The summed E-state index contributed by atoms with van der Waals surface area (Å²) in [6.07, 6.45) is 0.00503. The third kappa shape index (κ3) is 5.41. The van der Waals surface area contributed by atoms with E-state index in [0.29, 0.717) is 18.8 Å². The maximum absolute atomic E-state index is 12.7. The molecule has 29 heavy (non-hydrogen) atoms. The van der Waals surface area contributed by atoms with Crippen LogP contribution in [0.3, 0.4) is 0 Å². The second-order valence-electron chi connectivity index (χ2n) is 6.89. The number of methoxy groups -OCH3 is 1. The fraction of sp³-hybridized carbons (Fsp3) is 0.292. The van der Waals surface area contributed by atoms with E-state index < -0.39 is 6.10 Å². The Hall–Kier alpha value is -3.21. The van der Waals surface area contributed by atoms with Crippen LogP contribution in [0.5, 0.6) is 17.2 Å². The average Bonchev–Trinajstić information content (AvgIpc) is 2.76. The van der Waals surface area contributed by atoms with Crippen LogP contribution in [0.15, 0.2) is 66.7 Å². The Labute approximate surface area is 171 Å². The van der Waals surface area contributed by atoms with Crippen LogP contribution in [0.25, 0.3) is 10.8 Å². The second kappa shape index (κ2) is 9.82. The highest BCUT2D eigenvalue weighted by atomic mass is 16.5. The minimum atomic E-state index is -0.566. The van der Waals surface area contributed by atoms with Crippen molar-refractivity contribution in [2.24, 2.45) is 0 Å². The molecule has 0 saturated carbocycles. The number of carbonyl (C=O) groups excluding carboxylic acids is 1. The van der Waals surface area contributed by atoms with Gasteiger partial charge in [-0.25, -0.2) is 0 Å². The lowest BCUT2D eigenvalue weighted by Crippen LogP contribution is -2.44. The van der Waals surface area contributed by atoms with Gasteiger partial charge in [-0.15, -0.1) is 0 Å². The molecule has 3 rings (SSSR count). The van der Waals surface area contributed by atoms with Crippen molar-refractivity contribution in [3.63, 3.8) is 0 Å². The number of fused-ring (bicyclic) bond motifs is 1. The summed E-state index contributed by atoms with van der Waals surface area (Å²) in [6, 6.07) is 21.0. The quantitative estimate of drug-likeness (QED) is 0.578. The Morgan fingerprint density at radius 3 is 2.38 bits per heavy atom. The minimum Gasteiger partial charge on any atom is -0.497 e. The smallest absolute Gasteiger partial charge is 0.261 e. The largest absolute Gasteiger partial charge is 0.497 e. The molecule has 152 valence electrons. The van der Waals surface area contributed by atoms with Crippen LogP contribution in [-0.4, -0.2) is 31.8 Å². The molecule has 3 aromatic rings. The minimum absolute atomic E-state index is 0.147. The van der Waals surface area contributed by atoms with Gasteiger partial charge in [0, 0.05) is 5.39 Å². The summed E-state index contributed by atoms with van der Waals surface area (Å²) in [7, 11) is 1.62. The predicted octanol–water partition coefficient (Wildman–Crippen LogP) is 4.59. The van der Waals surface area contributed by atoms with Crippen LogP contribution in [0, 0.1) is 0 Å². The van der Waals surface area contributed by atoms with Gasteiger partial charge in [-0.1, -0.05) is 43.3 Å². The Kier molecular flexibility index (Phi) is 6.95. The van der Waals surface area contributed by atoms with Gasteiger partial charge in [-0.05, 0) is 49.1 Å². The van der Waals surface area contributed by atoms with Gasteiger partial charge < -0.3 is 19.5 Å². The van der Waals surface area contributed by atoms with E-state index in [-0.39, 0.29) is 11.9 Å². The molecular formula is C24H27NO4. The molecule has 1 N–H and O–H groups in total. The Morgan fingerprint density at radius 2 is 1.66 bits per heavy atom. The van der Waals surface area contributed by atoms with Gasteiger partial charge in [-0.2, -0.15) is 0 Å². The lowest BCUT2D eigenvalue weighted by molar-refractivity contribution is -0.128. The molecule has 0 fully saturated rings. The van der Waals surface area contributed by atoms with E-state index >= 15 is 0 Å². The monoisotopic (exact) mass is 393 g/mol. The Balaban J connectivity index is 1.57. The summed E-state index contributed by atoms with van der Waals surface area (Å²) in [4.78, 5) is 12.7. The van der Waals surface area contributed by atoms with Gasteiger partial charge in [0.15, 0.2) is 6.10 Å². The number of nitrogens with one attached hydrogen (secondary N) is 1. The molecule has 0 heterocycles. The third-order valence-electron chi connectivity index (χ3n) is 4.63. The van der Waals surface area contributed by atoms with E-state index in [1.165, 1.54) is 0 Å². The first-order valence-corrected chi connectivity index (χ1v) is 9.82. The van der Waals surface area contributed by atoms with Crippen LogP contribution < -0.4 is 19.5 Å². The standard InChI is InChI=1S/C24H27NO4/c1-4-22(29-23-11-7-9-18-8-5-6-10-21(18)23)24(26)25-17(2)16-28-20-14-12-19(27-3)13-15-20/h5-15,17,22H,4,16H2,1-3H3,(H,25,26). The first-order chi connectivity index (χ1) is 14.1. The summed E-state index contributed by atoms with van der Waals surface area (Å²) < 4.78 is 16.9. The highest BCUT2D eigenvalue weighted by Crippen LogP contribution is 2.26. The van der Waals surface area contributed by atoms with Gasteiger partial charge in [0.2, 0.25) is 0 Å². The number of rotatable bonds is 9. The Morgan fingerprint density at radius 1 is 0.966 bits per heavy atom. The number of benzene rings is 3. The van der Waals surface area contributed by atoms with E-state index in [1.54, 1.807) is 7.11 Å². The van der Waals surface area contributed by atoms with E-state index in [1.807, 2.05) is 80.6 Å². The van der Waals surface area contributed by atoms with Crippen LogP contribution in [0.4, 0.5) is 0 Å². The van der Waals surface area contributed by atoms with Crippen LogP contribution in [0.2, 0.25) is 0 Å². The molecule has 0 bridgehead atoms. The zero-order valence-corrected chi connectivity index (χ0v) is 17.1. The van der Waals surface area contributed by atoms with Crippen molar-refractivity contribution < 1.29 is 19.0 Å². The zero-order chi connectivity index (χ0) is 20.6. The van der Waals surface area contributed by atoms with Crippen molar-refractivity contribution in [2.75, 3.05) is 13.7 Å². The van der Waals surface area contributed by atoms with E-state index in [9.17, 15) is 4.79 Å². The number of hydrogen-bond acceptors (Lipinski definition) is 4. The first kappa shape index (κ1) is 20.5. The maximum Gasteiger partial charge on any atom is 0.261 e. The Bertz CT molecular complexity index is 934. The third-order valence-corrected chi connectivity index (χ3v) is 4.63. The zero-order valence-electron chi connectivity index (χ0n) is 17.1. The van der Waals surface area contributed by atoms with Crippen LogP contribution in [-0.2, 0) is 4.79 Å². The topological polar surface area (TPSA) is 56.8 Å². The normalized spacial score (nSPS) is 12.8. The SMILES string of the molecule is CCC(Oc1cccc2ccccc12)C(=O)NC(C)COc1ccc(OC)cc1. The fourth-order valence-electron chi connectivity index (χ4n) is 3.04. The van der Waals surface area contributed by atoms with Crippen LogP contribution >= 0.6 is 0 Å². The van der Waals surface area contributed by atoms with Gasteiger partial charge >= 0.3 is 0 Å². The van der Waals surface area contributed by atoms with E-state index in [4.69, 9.17) is 14.2 Å². The fourth-order valence-corrected chi connectivity index (χ4v) is 3.04. The summed E-state index contributed by atoms with van der Waals surface area (Å²) >= 11 is 0. The molecule has 5 nitrogen and oxygen atoms in total. The molecule has 2 atom stereocenters. The molecule has 3 aromatic carbocycles. The number of hydrogen-bond donors (Lipinski definition) is 1. The summed E-state index contributed by atoms with van der Waals surface area (Å²) in [5, 5.41) is 5.06. The van der Waals surface area contributed by atoms with Crippen molar-refractivity contribution in [3.8, 4) is 17.2 Å². The number of amides is 1. The molecule has 0 radical (unpaired) electrons. The lowest BCUT2D eigenvalue weighted by Gasteiger charge is -2.21. The molecule has 0 saturated heterocycles. The molecular weight excluding hydrogens is 366 g/mol. The highest BCUT2D eigenvalue weighted by molar-refractivity contribution is 5.89. The molecule has 0 aliphatic rings. The van der Waals surface area contributed by atoms with Crippen molar-refractivity contribution in [3.05, 3.63) is 66.7 Å². The van der Waals surface area contributed by atoms with Gasteiger partial charge in [-0.3, -0.25) is 4.79 Å². The second-order valence-corrected chi connectivity index (χ2v) is 6.89. The molecule has 0 spiro atoms. The van der Waals surface area contributed by atoms with Gasteiger partial charge in [0.25, 0.3) is 5.91 Å². The average molecular weight is 393 g/mol. The molecule has 1 amide bonds. The maximum atomic E-state index is 12.7.